The van der Waals surface area contributed by atoms with Crippen molar-refractivity contribution in [3.63, 3.8) is 0 Å². The minimum atomic E-state index is -1.17. The highest BCUT2D eigenvalue weighted by Crippen LogP contribution is 2.19. The molecule has 2 amide bonds. The summed E-state index contributed by atoms with van der Waals surface area (Å²) in [5.74, 6) is -1.41. The van der Waals surface area contributed by atoms with Gasteiger partial charge in [0.2, 0.25) is 11.8 Å². The van der Waals surface area contributed by atoms with Crippen molar-refractivity contribution in [2.75, 3.05) is 6.61 Å². The first-order chi connectivity index (χ1) is 17.2. The van der Waals surface area contributed by atoms with Crippen molar-refractivity contribution in [1.29, 1.82) is 0 Å². The molecule has 3 aromatic rings. The first kappa shape index (κ1) is 26.9. The van der Waals surface area contributed by atoms with Gasteiger partial charge in [0.05, 0.1) is 12.1 Å². The number of amides is 2. The summed E-state index contributed by atoms with van der Waals surface area (Å²) in [4.78, 5) is 42.0. The normalized spacial score (nSPS) is 13.1. The van der Waals surface area contributed by atoms with Gasteiger partial charge in [-0.3, -0.25) is 9.59 Å². The van der Waals surface area contributed by atoms with Gasteiger partial charge >= 0.3 is 5.97 Å². The number of hydrogen-bond donors (Lipinski definition) is 4. The second-order valence-electron chi connectivity index (χ2n) is 9.50. The molecular weight excluding hydrogens is 456 g/mol. The van der Waals surface area contributed by atoms with E-state index < -0.39 is 35.4 Å². The second-order valence-corrected chi connectivity index (χ2v) is 9.50. The monoisotopic (exact) mass is 492 g/mol. The lowest BCUT2D eigenvalue weighted by Gasteiger charge is -2.25. The van der Waals surface area contributed by atoms with Gasteiger partial charge < -0.3 is 26.1 Å². The Bertz CT molecular complexity index is 1170. The molecule has 0 aliphatic rings. The van der Waals surface area contributed by atoms with Crippen LogP contribution in [0.1, 0.15) is 44.7 Å². The number of rotatable bonds is 12. The van der Waals surface area contributed by atoms with Gasteiger partial charge in [-0.1, -0.05) is 48.5 Å². The number of para-hydroxylation sites is 1. The molecule has 2 aromatic carbocycles. The molecule has 0 aliphatic heterocycles. The molecule has 2 atom stereocenters. The molecule has 192 valence electrons. The Hall–Kier alpha value is -3.65. The largest absolute Gasteiger partial charge is 0.464 e. The molecule has 1 unspecified atom stereocenters. The second kappa shape index (κ2) is 12.4. The van der Waals surface area contributed by atoms with Gasteiger partial charge in [0.1, 0.15) is 12.1 Å². The van der Waals surface area contributed by atoms with Gasteiger partial charge in [-0.15, -0.1) is 0 Å². The van der Waals surface area contributed by atoms with Gasteiger partial charge in [-0.2, -0.15) is 0 Å². The van der Waals surface area contributed by atoms with Gasteiger partial charge in [0, 0.05) is 23.5 Å². The molecule has 1 aromatic heterocycles. The average molecular weight is 493 g/mol. The third-order valence-corrected chi connectivity index (χ3v) is 5.99. The Balaban J connectivity index is 1.76. The highest BCUT2D eigenvalue weighted by atomic mass is 16.5. The number of nitrogens with two attached hydrogens (primary N) is 1. The van der Waals surface area contributed by atoms with Crippen LogP contribution in [0.25, 0.3) is 10.9 Å². The molecule has 3 rings (SSSR count). The number of esters is 1. The molecule has 0 fully saturated rings. The molecule has 8 heteroatoms. The Morgan fingerprint density at radius 2 is 1.69 bits per heavy atom. The number of aryl methyl sites for hydroxylation is 1. The number of nitrogens with one attached hydrogen (secondary N) is 3. The number of fused-ring (bicyclic) bond motifs is 1. The van der Waals surface area contributed by atoms with Crippen LogP contribution in [0.5, 0.6) is 0 Å². The van der Waals surface area contributed by atoms with E-state index in [0.717, 1.165) is 28.5 Å². The fraction of sp³-hybridized carbons (Fsp3) is 0.393. The van der Waals surface area contributed by atoms with E-state index in [4.69, 9.17) is 10.5 Å². The maximum absolute atomic E-state index is 13.4. The molecule has 0 aliphatic carbocycles. The van der Waals surface area contributed by atoms with E-state index in [0.29, 0.717) is 12.8 Å². The number of aromatic amines is 1. The molecule has 8 nitrogen and oxygen atoms in total. The average Bonchev–Trinajstić information content (AvgIpc) is 3.26. The molecule has 1 heterocycles. The van der Waals surface area contributed by atoms with Gasteiger partial charge in [-0.05, 0) is 57.2 Å². The van der Waals surface area contributed by atoms with Crippen molar-refractivity contribution in [1.82, 2.24) is 15.6 Å². The van der Waals surface area contributed by atoms with Crippen molar-refractivity contribution < 1.29 is 19.1 Å². The summed E-state index contributed by atoms with van der Waals surface area (Å²) in [5, 5.41) is 6.56. The van der Waals surface area contributed by atoms with Crippen molar-refractivity contribution in [3.05, 3.63) is 71.9 Å². The highest BCUT2D eigenvalue weighted by molar-refractivity contribution is 5.94. The van der Waals surface area contributed by atoms with Crippen LogP contribution < -0.4 is 16.4 Å². The van der Waals surface area contributed by atoms with E-state index in [1.165, 1.54) is 0 Å². The quantitative estimate of drug-likeness (QED) is 0.289. The van der Waals surface area contributed by atoms with Crippen molar-refractivity contribution in [2.45, 2.75) is 64.1 Å². The smallest absolute Gasteiger partial charge is 0.328 e. The zero-order valence-electron chi connectivity index (χ0n) is 21.2. The minimum absolute atomic E-state index is 0.209. The molecule has 0 saturated heterocycles. The van der Waals surface area contributed by atoms with Crippen LogP contribution in [0, 0.1) is 0 Å². The van der Waals surface area contributed by atoms with Crippen LogP contribution in [0.3, 0.4) is 0 Å². The maximum Gasteiger partial charge on any atom is 0.328 e. The molecular formula is C28H36N4O4. The van der Waals surface area contributed by atoms with Gasteiger partial charge in [0.15, 0.2) is 0 Å². The third kappa shape index (κ3) is 7.42. The fourth-order valence-corrected chi connectivity index (χ4v) is 3.99. The van der Waals surface area contributed by atoms with Crippen LogP contribution in [-0.4, -0.2) is 47.0 Å². The number of hydrogen-bond acceptors (Lipinski definition) is 5. The predicted molar refractivity (Wildman–Crippen MR) is 140 cm³/mol. The van der Waals surface area contributed by atoms with Crippen LogP contribution in [0.4, 0.5) is 0 Å². The van der Waals surface area contributed by atoms with Crippen molar-refractivity contribution in [3.8, 4) is 0 Å². The Morgan fingerprint density at radius 3 is 2.39 bits per heavy atom. The van der Waals surface area contributed by atoms with E-state index in [1.807, 2.05) is 60.8 Å². The van der Waals surface area contributed by atoms with Crippen LogP contribution in [-0.2, 0) is 32.0 Å². The summed E-state index contributed by atoms with van der Waals surface area (Å²) in [7, 11) is 0. The number of H-pyrrole nitrogens is 1. The SMILES string of the molecule is CCOC(=O)[C@@H](CCCc1ccccc1)NC(=O)C(Cc1c[nH]c2ccccc12)NC(=O)C(C)(C)N. The summed E-state index contributed by atoms with van der Waals surface area (Å²) in [6.07, 6.45) is 3.92. The molecule has 5 N–H and O–H groups in total. The summed E-state index contributed by atoms with van der Waals surface area (Å²) in [5.41, 5.74) is 7.77. The topological polar surface area (TPSA) is 126 Å². The number of carbonyl (C=O) groups is 3. The van der Waals surface area contributed by atoms with E-state index in [9.17, 15) is 14.4 Å². The fourth-order valence-electron chi connectivity index (χ4n) is 3.99. The number of aromatic nitrogens is 1. The molecule has 0 bridgehead atoms. The minimum Gasteiger partial charge on any atom is -0.464 e. The maximum atomic E-state index is 13.4. The van der Waals surface area contributed by atoms with Crippen molar-refractivity contribution in [2.24, 2.45) is 5.73 Å². The molecule has 0 spiro atoms. The van der Waals surface area contributed by atoms with Crippen LogP contribution in [0.2, 0.25) is 0 Å². The lowest BCUT2D eigenvalue weighted by Crippen LogP contribution is -2.58. The zero-order valence-corrected chi connectivity index (χ0v) is 21.2. The number of ether oxygens (including phenoxy) is 1. The first-order valence-electron chi connectivity index (χ1n) is 12.3. The first-order valence-corrected chi connectivity index (χ1v) is 12.3. The lowest BCUT2D eigenvalue weighted by atomic mass is 10.0. The standard InChI is InChI=1S/C28H36N4O4/c1-4-36-26(34)23(16-10-13-19-11-6-5-7-12-19)31-25(33)24(32-27(35)28(2,3)29)17-20-18-30-22-15-9-8-14-21(20)22/h5-9,11-12,14-15,18,23-24,30H,4,10,13,16-17,29H2,1-3H3,(H,31,33)(H,32,35)/t23-,24?/m1/s1. The van der Waals surface area contributed by atoms with Crippen molar-refractivity contribution >= 4 is 28.7 Å². The van der Waals surface area contributed by atoms with E-state index in [2.05, 4.69) is 15.6 Å². The van der Waals surface area contributed by atoms with Crippen LogP contribution in [0.15, 0.2) is 60.8 Å². The van der Waals surface area contributed by atoms with E-state index in [-0.39, 0.29) is 13.0 Å². The molecule has 0 saturated carbocycles. The van der Waals surface area contributed by atoms with Crippen LogP contribution >= 0.6 is 0 Å². The summed E-state index contributed by atoms with van der Waals surface area (Å²) < 4.78 is 5.22. The zero-order chi connectivity index (χ0) is 26.1. The van der Waals surface area contributed by atoms with E-state index in [1.54, 1.807) is 20.8 Å². The predicted octanol–water partition coefficient (Wildman–Crippen LogP) is 3.00. The lowest BCUT2D eigenvalue weighted by molar-refractivity contribution is -0.148. The Labute approximate surface area is 212 Å². The van der Waals surface area contributed by atoms with Gasteiger partial charge in [-0.25, -0.2) is 4.79 Å². The molecule has 0 radical (unpaired) electrons. The van der Waals surface area contributed by atoms with E-state index >= 15 is 0 Å². The highest BCUT2D eigenvalue weighted by Gasteiger charge is 2.31. The summed E-state index contributed by atoms with van der Waals surface area (Å²) >= 11 is 0. The Kier molecular flexibility index (Phi) is 9.25. The Morgan fingerprint density at radius 1 is 1.00 bits per heavy atom. The number of carbonyl (C=O) groups excluding carboxylic acids is 3. The summed E-state index contributed by atoms with van der Waals surface area (Å²) in [6, 6.07) is 15.9. The van der Waals surface area contributed by atoms with Gasteiger partial charge in [0.25, 0.3) is 0 Å². The number of benzene rings is 2. The third-order valence-electron chi connectivity index (χ3n) is 5.99. The molecule has 36 heavy (non-hydrogen) atoms. The summed E-state index contributed by atoms with van der Waals surface area (Å²) in [6.45, 7) is 5.09.